The van der Waals surface area contributed by atoms with E-state index in [1.165, 1.54) is 83.5 Å². The number of carbonyl (C=O) groups excluding carboxylic acids is 2. The van der Waals surface area contributed by atoms with Crippen LogP contribution in [0.5, 0.6) is 0 Å². The van der Waals surface area contributed by atoms with Gasteiger partial charge in [0.05, 0.1) is 6.10 Å². The summed E-state index contributed by atoms with van der Waals surface area (Å²) in [7, 11) is 0. The highest BCUT2D eigenvalue weighted by Crippen LogP contribution is 2.15. The molecule has 0 fully saturated rings. The Balaban J connectivity index is 3.58. The normalized spacial score (nSPS) is 13.6. The van der Waals surface area contributed by atoms with E-state index < -0.39 is 12.2 Å². The third-order valence-electron chi connectivity index (χ3n) is 8.53. The molecule has 0 aliphatic carbocycles. The molecule has 0 rings (SSSR count). The molecule has 50 heavy (non-hydrogen) atoms. The Kier molecular flexibility index (Phi) is 36.0. The van der Waals surface area contributed by atoms with Gasteiger partial charge in [-0.15, -0.1) is 0 Å². The Morgan fingerprint density at radius 3 is 1.60 bits per heavy atom. The number of unbranched alkanes of at least 4 members (excludes halogenated alkanes) is 15. The van der Waals surface area contributed by atoms with E-state index in [1.807, 2.05) is 36.5 Å². The lowest BCUT2D eigenvalue weighted by Gasteiger charge is -2.12. The average molecular weight is 701 g/mol. The third-order valence-corrected chi connectivity index (χ3v) is 8.53. The summed E-state index contributed by atoms with van der Waals surface area (Å²) in [4.78, 5) is 23.9. The summed E-state index contributed by atoms with van der Waals surface area (Å²) in [5.74, 6) is 0.180. The molecule has 0 spiro atoms. The van der Waals surface area contributed by atoms with Crippen molar-refractivity contribution in [2.24, 2.45) is 5.92 Å². The summed E-state index contributed by atoms with van der Waals surface area (Å²) in [6, 6.07) is 0. The second kappa shape index (κ2) is 37.8. The van der Waals surface area contributed by atoms with E-state index in [0.717, 1.165) is 50.9 Å². The van der Waals surface area contributed by atoms with Gasteiger partial charge in [-0.05, 0) is 50.9 Å². The number of ether oxygens (including phenoxy) is 2. The molecular weight excluding hydrogens is 624 g/mol. The fourth-order valence-electron chi connectivity index (χ4n) is 5.45. The Bertz CT molecular complexity index is 915. The zero-order valence-corrected chi connectivity index (χ0v) is 32.4. The fraction of sp³-hybridized carbons (Fsp3) is 0.727. The lowest BCUT2D eigenvalue weighted by Crippen LogP contribution is -2.25. The predicted molar refractivity (Wildman–Crippen MR) is 211 cm³/mol. The number of carbonyl (C=O) groups is 2. The van der Waals surface area contributed by atoms with Crippen molar-refractivity contribution in [1.82, 2.24) is 0 Å². The molecule has 0 saturated heterocycles. The molecule has 0 aromatic carbocycles. The highest BCUT2D eigenvalue weighted by atomic mass is 16.6. The molecule has 0 aromatic rings. The van der Waals surface area contributed by atoms with Crippen LogP contribution in [0.15, 0.2) is 60.8 Å². The van der Waals surface area contributed by atoms with Gasteiger partial charge in [-0.2, -0.15) is 0 Å². The molecule has 0 radical (unpaired) electrons. The van der Waals surface area contributed by atoms with E-state index in [9.17, 15) is 19.8 Å². The molecule has 6 nitrogen and oxygen atoms in total. The van der Waals surface area contributed by atoms with Crippen LogP contribution in [0, 0.1) is 5.92 Å². The second-order valence-electron chi connectivity index (χ2n) is 14.1. The highest BCUT2D eigenvalue weighted by Gasteiger charge is 2.12. The van der Waals surface area contributed by atoms with Crippen molar-refractivity contribution < 1.29 is 29.3 Å². The number of hydrogen-bond donors (Lipinski definition) is 2. The van der Waals surface area contributed by atoms with Gasteiger partial charge < -0.3 is 19.7 Å². The van der Waals surface area contributed by atoms with Crippen molar-refractivity contribution in [1.29, 1.82) is 0 Å². The van der Waals surface area contributed by atoms with E-state index in [1.54, 1.807) is 6.08 Å². The van der Waals surface area contributed by atoms with E-state index in [4.69, 9.17) is 9.47 Å². The first-order chi connectivity index (χ1) is 24.3. The summed E-state index contributed by atoms with van der Waals surface area (Å²) in [5, 5.41) is 20.0. The minimum absolute atomic E-state index is 0.150. The van der Waals surface area contributed by atoms with Crippen LogP contribution in [0.2, 0.25) is 0 Å². The van der Waals surface area contributed by atoms with Gasteiger partial charge in [0.1, 0.15) is 19.3 Å². The number of rotatable bonds is 35. The largest absolute Gasteiger partial charge is 0.463 e. The number of aliphatic hydroxyl groups is 2. The quantitative estimate of drug-likeness (QED) is 0.0296. The first kappa shape index (κ1) is 47.6. The molecule has 6 heteroatoms. The zero-order chi connectivity index (χ0) is 36.8. The summed E-state index contributed by atoms with van der Waals surface area (Å²) in [5.41, 5.74) is 0. The van der Waals surface area contributed by atoms with Crippen LogP contribution < -0.4 is 0 Å². The molecule has 0 aliphatic rings. The molecule has 0 saturated carbocycles. The average Bonchev–Trinajstić information content (AvgIpc) is 3.09. The first-order valence-electron chi connectivity index (χ1n) is 20.3. The number of esters is 2. The SMILES string of the molecule is CC/C=C\C/C=C\CC(O)/C=C/C=C\C/C=C\CCCC(=O)OC[C@H](O)COC(=O)CCCCCCCCCCCCCCCCCC(C)C. The van der Waals surface area contributed by atoms with Gasteiger partial charge >= 0.3 is 11.9 Å². The van der Waals surface area contributed by atoms with E-state index in [2.05, 4.69) is 39.0 Å². The molecule has 2 N–H and O–H groups in total. The van der Waals surface area contributed by atoms with E-state index in [0.29, 0.717) is 19.3 Å². The smallest absolute Gasteiger partial charge is 0.305 e. The Morgan fingerprint density at radius 1 is 0.560 bits per heavy atom. The van der Waals surface area contributed by atoms with Crippen molar-refractivity contribution in [2.45, 2.75) is 187 Å². The van der Waals surface area contributed by atoms with Crippen LogP contribution in [-0.2, 0) is 19.1 Å². The van der Waals surface area contributed by atoms with Crippen molar-refractivity contribution in [2.75, 3.05) is 13.2 Å². The van der Waals surface area contributed by atoms with Gasteiger partial charge in [-0.1, -0.05) is 178 Å². The van der Waals surface area contributed by atoms with Crippen LogP contribution in [0.3, 0.4) is 0 Å². The van der Waals surface area contributed by atoms with Gasteiger partial charge in [0.2, 0.25) is 0 Å². The van der Waals surface area contributed by atoms with Crippen molar-refractivity contribution >= 4 is 11.9 Å². The topological polar surface area (TPSA) is 93.1 Å². The lowest BCUT2D eigenvalue weighted by atomic mass is 10.0. The van der Waals surface area contributed by atoms with E-state index >= 15 is 0 Å². The summed E-state index contributed by atoms with van der Waals surface area (Å²) in [6.45, 7) is 6.42. The molecule has 0 amide bonds. The van der Waals surface area contributed by atoms with Gasteiger partial charge in [0.25, 0.3) is 0 Å². The summed E-state index contributed by atoms with van der Waals surface area (Å²) >= 11 is 0. The van der Waals surface area contributed by atoms with Crippen LogP contribution in [0.4, 0.5) is 0 Å². The minimum Gasteiger partial charge on any atom is -0.463 e. The minimum atomic E-state index is -1.01. The molecule has 0 bridgehead atoms. The molecular formula is C44H76O6. The van der Waals surface area contributed by atoms with Crippen LogP contribution in [0.25, 0.3) is 0 Å². The standard InChI is InChI=1S/C44H76O6/c1-4-5-6-7-24-29-34-41(45)35-30-25-20-17-18-22-27-32-37-44(48)50-39-42(46)38-49-43(47)36-31-26-21-16-14-12-10-8-9-11-13-15-19-23-28-33-40(2)3/h5-6,18,20,22,24-25,29-30,35,40-42,45-46H,4,7-17,19,21,23,26-28,31-34,36-39H2,1-3H3/b6-5-,22-18-,25-20-,29-24-,35-30+/t41?,42-/m1/s1. The van der Waals surface area contributed by atoms with Gasteiger partial charge in [0.15, 0.2) is 0 Å². The molecule has 0 heterocycles. The fourth-order valence-corrected chi connectivity index (χ4v) is 5.45. The number of allylic oxidation sites excluding steroid dienone is 8. The maximum Gasteiger partial charge on any atom is 0.305 e. The van der Waals surface area contributed by atoms with Crippen LogP contribution in [-0.4, -0.2) is 47.6 Å². The maximum absolute atomic E-state index is 12.0. The van der Waals surface area contributed by atoms with Gasteiger partial charge in [-0.3, -0.25) is 9.59 Å². The van der Waals surface area contributed by atoms with Gasteiger partial charge in [0, 0.05) is 12.8 Å². The predicted octanol–water partition coefficient (Wildman–Crippen LogP) is 11.6. The summed E-state index contributed by atoms with van der Waals surface area (Å²) in [6.07, 6.45) is 44.6. The van der Waals surface area contributed by atoms with Crippen LogP contribution >= 0.6 is 0 Å². The zero-order valence-electron chi connectivity index (χ0n) is 32.4. The lowest BCUT2D eigenvalue weighted by molar-refractivity contribution is -0.152. The van der Waals surface area contributed by atoms with Crippen molar-refractivity contribution in [3.8, 4) is 0 Å². The van der Waals surface area contributed by atoms with E-state index in [-0.39, 0.29) is 31.6 Å². The second-order valence-corrected chi connectivity index (χ2v) is 14.1. The van der Waals surface area contributed by atoms with Crippen molar-refractivity contribution in [3.05, 3.63) is 60.8 Å². The highest BCUT2D eigenvalue weighted by molar-refractivity contribution is 5.69. The number of hydrogen-bond acceptors (Lipinski definition) is 6. The van der Waals surface area contributed by atoms with Gasteiger partial charge in [-0.25, -0.2) is 0 Å². The number of aliphatic hydroxyl groups excluding tert-OH is 2. The monoisotopic (exact) mass is 701 g/mol. The Morgan fingerprint density at radius 2 is 1.04 bits per heavy atom. The van der Waals surface area contributed by atoms with Crippen molar-refractivity contribution in [3.63, 3.8) is 0 Å². The molecule has 1 unspecified atom stereocenters. The maximum atomic E-state index is 12.0. The molecule has 0 aromatic heterocycles. The first-order valence-corrected chi connectivity index (χ1v) is 20.3. The molecule has 0 aliphatic heterocycles. The Labute approximate surface area is 307 Å². The van der Waals surface area contributed by atoms with Crippen LogP contribution in [0.1, 0.15) is 175 Å². The Hall–Kier alpha value is -2.44. The summed E-state index contributed by atoms with van der Waals surface area (Å²) < 4.78 is 10.3. The third kappa shape index (κ3) is 38.4. The molecule has 288 valence electrons. The molecule has 2 atom stereocenters.